The fourth-order valence-corrected chi connectivity index (χ4v) is 3.90. The molecule has 0 aromatic heterocycles. The summed E-state index contributed by atoms with van der Waals surface area (Å²) in [5.41, 5.74) is 1.19. The second-order valence-electron chi connectivity index (χ2n) is 4.22. The first-order valence-electron chi connectivity index (χ1n) is 3.95. The van der Waals surface area contributed by atoms with E-state index in [1.165, 1.54) is 24.6 Å². The summed E-state index contributed by atoms with van der Waals surface area (Å²) in [5.74, 6) is 2.72. The average molecular weight is 194 g/mol. The van der Waals surface area contributed by atoms with Crippen molar-refractivity contribution < 1.29 is 0 Å². The van der Waals surface area contributed by atoms with Gasteiger partial charge in [-0.2, -0.15) is 11.8 Å². The molecule has 3 heteroatoms. The predicted molar refractivity (Wildman–Crippen MR) is 53.7 cm³/mol. The zero-order valence-electron chi connectivity index (χ0n) is 7.14. The van der Waals surface area contributed by atoms with Crippen molar-refractivity contribution in [3.05, 3.63) is 0 Å². The Bertz CT molecular complexity index is 134. The minimum Gasteiger partial charge on any atom is -0.316 e. The Labute approximate surface area is 79.1 Å². The van der Waals surface area contributed by atoms with Crippen LogP contribution in [0.3, 0.4) is 0 Å². The second kappa shape index (κ2) is 2.82. The van der Waals surface area contributed by atoms with Crippen molar-refractivity contribution in [2.24, 2.45) is 10.8 Å². The molecule has 0 spiro atoms. The molecule has 1 nitrogen and oxygen atoms in total. The van der Waals surface area contributed by atoms with Gasteiger partial charge in [-0.1, -0.05) is 13.8 Å². The third kappa shape index (κ3) is 1.20. The number of hydrogen-bond acceptors (Lipinski definition) is 2. The molecule has 0 aromatic rings. The minimum atomic E-state index is 0. The molecular weight excluding hydrogens is 178 g/mol. The Hall–Kier alpha value is 0.600. The van der Waals surface area contributed by atoms with E-state index in [0.29, 0.717) is 10.8 Å². The van der Waals surface area contributed by atoms with Crippen molar-refractivity contribution in [2.75, 3.05) is 24.6 Å². The summed E-state index contributed by atoms with van der Waals surface area (Å²) in [4.78, 5) is 0. The number of hydrogen-bond donors (Lipinski definition) is 1. The minimum absolute atomic E-state index is 0. The van der Waals surface area contributed by atoms with Gasteiger partial charge in [0.05, 0.1) is 0 Å². The highest BCUT2D eigenvalue weighted by Gasteiger charge is 2.51. The van der Waals surface area contributed by atoms with E-state index in [9.17, 15) is 0 Å². The number of thioether (sulfide) groups is 1. The van der Waals surface area contributed by atoms with Gasteiger partial charge in [-0.15, -0.1) is 12.4 Å². The first kappa shape index (κ1) is 9.69. The van der Waals surface area contributed by atoms with Crippen LogP contribution in [-0.4, -0.2) is 24.6 Å². The summed E-state index contributed by atoms with van der Waals surface area (Å²) in [5, 5.41) is 3.49. The molecule has 2 aliphatic heterocycles. The van der Waals surface area contributed by atoms with Gasteiger partial charge in [-0.25, -0.2) is 0 Å². The molecule has 2 heterocycles. The normalized spacial score (nSPS) is 48.5. The molecule has 66 valence electrons. The van der Waals surface area contributed by atoms with E-state index >= 15 is 0 Å². The van der Waals surface area contributed by atoms with Gasteiger partial charge in [0.25, 0.3) is 0 Å². The quantitative estimate of drug-likeness (QED) is 0.630. The Balaban J connectivity index is 0.000000605. The molecule has 0 aliphatic carbocycles. The van der Waals surface area contributed by atoms with Crippen LogP contribution in [0.1, 0.15) is 13.8 Å². The lowest BCUT2D eigenvalue weighted by molar-refractivity contribution is 0.212. The topological polar surface area (TPSA) is 12.0 Å². The molecule has 2 aliphatic rings. The van der Waals surface area contributed by atoms with Gasteiger partial charge in [-0.3, -0.25) is 0 Å². The Kier molecular flexibility index (Phi) is 2.49. The summed E-state index contributed by atoms with van der Waals surface area (Å²) < 4.78 is 0. The summed E-state index contributed by atoms with van der Waals surface area (Å²) in [7, 11) is 0. The predicted octanol–water partition coefficient (Wildman–Crippen LogP) is 1.77. The fourth-order valence-electron chi connectivity index (χ4n) is 1.99. The van der Waals surface area contributed by atoms with E-state index in [4.69, 9.17) is 0 Å². The molecule has 0 aromatic carbocycles. The Morgan fingerprint density at radius 2 is 1.55 bits per heavy atom. The standard InChI is InChI=1S/C8H15NS.ClH/c1-7-3-9-4-8(7,2)6-10-5-7;/h9H,3-6H2,1-2H3;1H. The van der Waals surface area contributed by atoms with Gasteiger partial charge >= 0.3 is 0 Å². The van der Waals surface area contributed by atoms with Crippen molar-refractivity contribution in [1.29, 1.82) is 0 Å². The average Bonchev–Trinajstić information content (AvgIpc) is 2.20. The van der Waals surface area contributed by atoms with E-state index in [2.05, 4.69) is 30.9 Å². The largest absolute Gasteiger partial charge is 0.316 e. The zero-order chi connectivity index (χ0) is 7.24. The number of halogens is 1. The van der Waals surface area contributed by atoms with E-state index in [-0.39, 0.29) is 12.4 Å². The lowest BCUT2D eigenvalue weighted by Gasteiger charge is -2.31. The molecule has 0 radical (unpaired) electrons. The first-order chi connectivity index (χ1) is 4.66. The van der Waals surface area contributed by atoms with Crippen molar-refractivity contribution >= 4 is 24.2 Å². The molecule has 2 saturated heterocycles. The van der Waals surface area contributed by atoms with Gasteiger partial charge in [0.1, 0.15) is 0 Å². The summed E-state index contributed by atoms with van der Waals surface area (Å²) >= 11 is 2.12. The van der Waals surface area contributed by atoms with Crippen LogP contribution in [0.4, 0.5) is 0 Å². The maximum atomic E-state index is 3.49. The Morgan fingerprint density at radius 3 is 2.00 bits per heavy atom. The molecule has 0 bridgehead atoms. The second-order valence-corrected chi connectivity index (χ2v) is 5.20. The number of rotatable bonds is 0. The van der Waals surface area contributed by atoms with Crippen LogP contribution in [0.15, 0.2) is 0 Å². The molecule has 2 atom stereocenters. The monoisotopic (exact) mass is 193 g/mol. The van der Waals surface area contributed by atoms with Crippen LogP contribution in [0.25, 0.3) is 0 Å². The smallest absolute Gasteiger partial charge is 0.00193 e. The van der Waals surface area contributed by atoms with Crippen LogP contribution in [0, 0.1) is 10.8 Å². The summed E-state index contributed by atoms with van der Waals surface area (Å²) in [6.45, 7) is 7.31. The third-order valence-corrected chi connectivity index (χ3v) is 5.01. The molecule has 11 heavy (non-hydrogen) atoms. The van der Waals surface area contributed by atoms with Crippen LogP contribution >= 0.6 is 24.2 Å². The number of nitrogens with one attached hydrogen (secondary N) is 1. The van der Waals surface area contributed by atoms with E-state index in [0.717, 1.165) is 0 Å². The maximum absolute atomic E-state index is 3.49. The molecule has 2 rings (SSSR count). The third-order valence-electron chi connectivity index (χ3n) is 3.33. The summed E-state index contributed by atoms with van der Waals surface area (Å²) in [6.07, 6.45) is 0. The first-order valence-corrected chi connectivity index (χ1v) is 5.10. The van der Waals surface area contributed by atoms with Crippen LogP contribution in [0.5, 0.6) is 0 Å². The molecule has 1 N–H and O–H groups in total. The lowest BCUT2D eigenvalue weighted by Crippen LogP contribution is -2.34. The van der Waals surface area contributed by atoms with E-state index in [1.807, 2.05) is 0 Å². The van der Waals surface area contributed by atoms with Gasteiger partial charge in [0.15, 0.2) is 0 Å². The molecular formula is C8H16ClNS. The van der Waals surface area contributed by atoms with Crippen LogP contribution in [-0.2, 0) is 0 Å². The zero-order valence-corrected chi connectivity index (χ0v) is 8.78. The van der Waals surface area contributed by atoms with Crippen LogP contribution in [0.2, 0.25) is 0 Å². The van der Waals surface area contributed by atoms with Crippen molar-refractivity contribution in [3.8, 4) is 0 Å². The number of fused-ring (bicyclic) bond motifs is 1. The van der Waals surface area contributed by atoms with Crippen molar-refractivity contribution in [3.63, 3.8) is 0 Å². The van der Waals surface area contributed by atoms with Crippen molar-refractivity contribution in [1.82, 2.24) is 5.32 Å². The highest BCUT2D eigenvalue weighted by molar-refractivity contribution is 7.99. The fraction of sp³-hybridized carbons (Fsp3) is 1.00. The lowest BCUT2D eigenvalue weighted by atomic mass is 9.71. The van der Waals surface area contributed by atoms with E-state index < -0.39 is 0 Å². The highest BCUT2D eigenvalue weighted by atomic mass is 35.5. The van der Waals surface area contributed by atoms with E-state index in [1.54, 1.807) is 0 Å². The Morgan fingerprint density at radius 1 is 1.09 bits per heavy atom. The molecule has 0 amide bonds. The van der Waals surface area contributed by atoms with Gasteiger partial charge < -0.3 is 5.32 Å². The molecule has 2 fully saturated rings. The van der Waals surface area contributed by atoms with Gasteiger partial charge in [0.2, 0.25) is 0 Å². The highest BCUT2D eigenvalue weighted by Crippen LogP contribution is 2.52. The SMILES string of the molecule is CC12CNCC1(C)CSC2.Cl. The molecule has 0 saturated carbocycles. The van der Waals surface area contributed by atoms with Crippen LogP contribution < -0.4 is 5.32 Å². The summed E-state index contributed by atoms with van der Waals surface area (Å²) in [6, 6.07) is 0. The van der Waals surface area contributed by atoms with Gasteiger partial charge in [-0.05, 0) is 10.8 Å². The van der Waals surface area contributed by atoms with Crippen molar-refractivity contribution in [2.45, 2.75) is 13.8 Å². The maximum Gasteiger partial charge on any atom is 0.00193 e. The molecule has 2 unspecified atom stereocenters. The van der Waals surface area contributed by atoms with Gasteiger partial charge in [0, 0.05) is 24.6 Å².